The molecule has 27 heavy (non-hydrogen) atoms. The minimum absolute atomic E-state index is 0.0620. The van der Waals surface area contributed by atoms with Crippen LogP contribution in [-0.4, -0.2) is 38.2 Å². The lowest BCUT2D eigenvalue weighted by Gasteiger charge is -2.47. The maximum Gasteiger partial charge on any atom is 0.293 e. The van der Waals surface area contributed by atoms with Gasteiger partial charge in [0.05, 0.1) is 16.6 Å². The van der Waals surface area contributed by atoms with Crippen LogP contribution in [0.2, 0.25) is 39.3 Å². The van der Waals surface area contributed by atoms with E-state index in [1.54, 1.807) is 6.07 Å². The molecule has 2 heterocycles. The molecule has 7 nitrogen and oxygen atoms in total. The van der Waals surface area contributed by atoms with Gasteiger partial charge in [0.25, 0.3) is 5.69 Å². The Bertz CT molecular complexity index is 742. The van der Waals surface area contributed by atoms with Crippen LogP contribution >= 0.6 is 0 Å². The van der Waals surface area contributed by atoms with Crippen molar-refractivity contribution in [3.63, 3.8) is 0 Å². The fourth-order valence-corrected chi connectivity index (χ4v) is 5.55. The predicted molar refractivity (Wildman–Crippen MR) is 110 cm³/mol. The zero-order chi connectivity index (χ0) is 20.6. The number of hydrogen-bond acceptors (Lipinski definition) is 6. The largest absolute Gasteiger partial charge is 0.545 e. The van der Waals surface area contributed by atoms with Gasteiger partial charge in [0.1, 0.15) is 23.7 Å². The van der Waals surface area contributed by atoms with Crippen LogP contribution in [0.5, 0.6) is 0 Å². The van der Waals surface area contributed by atoms with Crippen molar-refractivity contribution in [2.45, 2.75) is 70.9 Å². The molecule has 0 radical (unpaired) electrons. The number of rotatable bonds is 6. The topological polar surface area (TPSA) is 83.7 Å². The summed E-state index contributed by atoms with van der Waals surface area (Å²) in [5.74, 6) is 0.707. The number of nitro groups is 1. The summed E-state index contributed by atoms with van der Waals surface area (Å²) < 4.78 is 19.1. The van der Waals surface area contributed by atoms with Crippen LogP contribution in [0.4, 0.5) is 5.69 Å². The van der Waals surface area contributed by atoms with E-state index >= 15 is 0 Å². The standard InChI is InChI=1S/C18H30N2O5Si2/c1-13-18(2,25-27(6,7)8)17(24-26(3,4)5)11-16(23-13)14-9-10-19-12-15(14)20(21)22/h9-13,16H,1-8H3/t13-,16-,18-/m1/s1. The van der Waals surface area contributed by atoms with E-state index in [1.165, 1.54) is 12.4 Å². The van der Waals surface area contributed by atoms with Crippen LogP contribution in [-0.2, 0) is 13.6 Å². The summed E-state index contributed by atoms with van der Waals surface area (Å²) >= 11 is 0. The molecule has 0 N–H and O–H groups in total. The second kappa shape index (κ2) is 7.46. The van der Waals surface area contributed by atoms with Gasteiger partial charge in [-0.2, -0.15) is 0 Å². The summed E-state index contributed by atoms with van der Waals surface area (Å²) in [7, 11) is -3.85. The normalized spacial score (nSPS) is 26.4. The first-order chi connectivity index (χ1) is 12.2. The Kier molecular flexibility index (Phi) is 6.00. The molecular weight excluding hydrogens is 380 g/mol. The van der Waals surface area contributed by atoms with Gasteiger partial charge in [-0.05, 0) is 65.3 Å². The van der Waals surface area contributed by atoms with Gasteiger partial charge in [-0.25, -0.2) is 0 Å². The minimum atomic E-state index is -1.94. The van der Waals surface area contributed by atoms with Gasteiger partial charge >= 0.3 is 0 Å². The van der Waals surface area contributed by atoms with E-state index in [0.717, 1.165) is 0 Å². The highest BCUT2D eigenvalue weighted by Crippen LogP contribution is 2.43. The molecule has 0 bridgehead atoms. The molecule has 0 fully saturated rings. The molecular formula is C18H30N2O5Si2. The predicted octanol–water partition coefficient (Wildman–Crippen LogP) is 4.80. The molecule has 0 saturated carbocycles. The van der Waals surface area contributed by atoms with Crippen molar-refractivity contribution in [2.24, 2.45) is 0 Å². The van der Waals surface area contributed by atoms with E-state index in [-0.39, 0.29) is 11.8 Å². The summed E-state index contributed by atoms with van der Waals surface area (Å²) in [6.45, 7) is 16.6. The molecule has 1 aromatic rings. The summed E-state index contributed by atoms with van der Waals surface area (Å²) in [5.41, 5.74) is -0.329. The van der Waals surface area contributed by atoms with E-state index < -0.39 is 33.3 Å². The van der Waals surface area contributed by atoms with E-state index in [1.807, 2.05) is 19.9 Å². The van der Waals surface area contributed by atoms with Gasteiger partial charge in [0, 0.05) is 6.20 Å². The SMILES string of the molecule is C[C@H]1O[C@@H](c2ccncc2[N+](=O)[O-])C=C(O[Si](C)(C)C)[C@]1(C)O[Si](C)(C)C. The van der Waals surface area contributed by atoms with Crippen molar-refractivity contribution in [2.75, 3.05) is 0 Å². The Morgan fingerprint density at radius 1 is 1.22 bits per heavy atom. The smallest absolute Gasteiger partial charge is 0.293 e. The van der Waals surface area contributed by atoms with Crippen molar-refractivity contribution in [3.05, 3.63) is 46.0 Å². The summed E-state index contributed by atoms with van der Waals surface area (Å²) in [5, 5.41) is 11.4. The molecule has 150 valence electrons. The van der Waals surface area contributed by atoms with Crippen molar-refractivity contribution in [3.8, 4) is 0 Å². The maximum absolute atomic E-state index is 11.4. The Morgan fingerprint density at radius 2 is 1.85 bits per heavy atom. The lowest BCUT2D eigenvalue weighted by molar-refractivity contribution is -0.386. The van der Waals surface area contributed by atoms with Crippen LogP contribution < -0.4 is 0 Å². The quantitative estimate of drug-likeness (QED) is 0.381. The highest BCUT2D eigenvalue weighted by molar-refractivity contribution is 6.70. The van der Waals surface area contributed by atoms with Crippen LogP contribution in [0.3, 0.4) is 0 Å². The van der Waals surface area contributed by atoms with Crippen LogP contribution in [0.1, 0.15) is 25.5 Å². The number of aromatic nitrogens is 1. The first-order valence-corrected chi connectivity index (χ1v) is 15.9. The molecule has 0 aliphatic carbocycles. The molecule has 9 heteroatoms. The molecule has 0 unspecified atom stereocenters. The van der Waals surface area contributed by atoms with E-state index in [0.29, 0.717) is 11.3 Å². The van der Waals surface area contributed by atoms with E-state index in [2.05, 4.69) is 44.3 Å². The third kappa shape index (κ3) is 5.25. The summed E-state index contributed by atoms with van der Waals surface area (Å²) in [6, 6.07) is 1.63. The molecule has 0 amide bonds. The fraction of sp³-hybridized carbons (Fsp3) is 0.611. The Morgan fingerprint density at radius 3 is 2.37 bits per heavy atom. The highest BCUT2D eigenvalue weighted by Gasteiger charge is 2.48. The van der Waals surface area contributed by atoms with Crippen LogP contribution in [0.25, 0.3) is 0 Å². The zero-order valence-corrected chi connectivity index (χ0v) is 19.4. The number of nitrogens with zero attached hydrogens (tertiary/aromatic N) is 2. The van der Waals surface area contributed by atoms with Crippen LogP contribution in [0, 0.1) is 10.1 Å². The van der Waals surface area contributed by atoms with Gasteiger partial charge in [-0.15, -0.1) is 0 Å². The number of pyridine rings is 1. The summed E-state index contributed by atoms with van der Waals surface area (Å²) in [6.07, 6.45) is 3.70. The Balaban J connectivity index is 2.56. The first kappa shape index (κ1) is 21.7. The van der Waals surface area contributed by atoms with Crippen molar-refractivity contribution in [1.82, 2.24) is 4.98 Å². The van der Waals surface area contributed by atoms with Gasteiger partial charge in [-0.1, -0.05) is 0 Å². The molecule has 1 aromatic heterocycles. The lowest BCUT2D eigenvalue weighted by Crippen LogP contribution is -2.54. The van der Waals surface area contributed by atoms with Gasteiger partial charge in [0.2, 0.25) is 8.32 Å². The second-order valence-corrected chi connectivity index (χ2v) is 17.8. The minimum Gasteiger partial charge on any atom is -0.545 e. The van der Waals surface area contributed by atoms with Gasteiger partial charge in [0.15, 0.2) is 8.32 Å². The fourth-order valence-electron chi connectivity index (χ4n) is 3.08. The molecule has 3 atom stereocenters. The monoisotopic (exact) mass is 410 g/mol. The molecule has 1 aliphatic heterocycles. The molecule has 0 spiro atoms. The first-order valence-electron chi connectivity index (χ1n) is 9.08. The molecule has 2 rings (SSSR count). The third-order valence-electron chi connectivity index (χ3n) is 4.19. The summed E-state index contributed by atoms with van der Waals surface area (Å²) in [4.78, 5) is 14.9. The van der Waals surface area contributed by atoms with E-state index in [4.69, 9.17) is 13.6 Å². The maximum atomic E-state index is 11.4. The Hall–Kier alpha value is -1.56. The van der Waals surface area contributed by atoms with Crippen molar-refractivity contribution in [1.29, 1.82) is 0 Å². The Labute approximate surface area is 163 Å². The van der Waals surface area contributed by atoms with Gasteiger partial charge in [-0.3, -0.25) is 15.1 Å². The van der Waals surface area contributed by atoms with Crippen molar-refractivity contribution >= 4 is 22.3 Å². The number of hydrogen-bond donors (Lipinski definition) is 0. The lowest BCUT2D eigenvalue weighted by atomic mass is 9.92. The van der Waals surface area contributed by atoms with Gasteiger partial charge < -0.3 is 13.6 Å². The molecule has 0 aromatic carbocycles. The number of ether oxygens (including phenoxy) is 1. The van der Waals surface area contributed by atoms with E-state index in [9.17, 15) is 10.1 Å². The average Bonchev–Trinajstić information content (AvgIpc) is 2.49. The van der Waals surface area contributed by atoms with Crippen LogP contribution in [0.15, 0.2) is 30.3 Å². The second-order valence-electron chi connectivity index (χ2n) is 8.96. The average molecular weight is 411 g/mol. The molecule has 0 saturated heterocycles. The zero-order valence-electron chi connectivity index (χ0n) is 17.4. The van der Waals surface area contributed by atoms with Crippen molar-refractivity contribution < 1.29 is 18.5 Å². The third-order valence-corrected chi connectivity index (χ3v) is 6.06. The highest BCUT2D eigenvalue weighted by atomic mass is 28.4. The molecule has 1 aliphatic rings.